The van der Waals surface area contributed by atoms with Crippen LogP contribution >= 0.6 is 0 Å². The highest BCUT2D eigenvalue weighted by atomic mass is 16.5. The molecule has 160 valence electrons. The Morgan fingerprint density at radius 2 is 1.93 bits per heavy atom. The molecule has 0 bridgehead atoms. The Balaban J connectivity index is 1.71. The quantitative estimate of drug-likeness (QED) is 0.304. The van der Waals surface area contributed by atoms with Gasteiger partial charge in [0.2, 0.25) is 0 Å². The lowest BCUT2D eigenvalue weighted by Crippen LogP contribution is -2.39. The number of aryl methyl sites for hydroxylation is 1. The lowest BCUT2D eigenvalue weighted by Gasteiger charge is -2.19. The van der Waals surface area contributed by atoms with Crippen LogP contribution < -0.4 is 15.4 Å². The minimum Gasteiger partial charge on any atom is -0.497 e. The van der Waals surface area contributed by atoms with Crippen molar-refractivity contribution in [2.75, 3.05) is 33.4 Å². The maximum Gasteiger partial charge on any atom is 0.191 e. The van der Waals surface area contributed by atoms with E-state index in [0.29, 0.717) is 24.9 Å². The molecule has 0 spiro atoms. The van der Waals surface area contributed by atoms with Crippen molar-refractivity contribution in [1.29, 1.82) is 0 Å². The zero-order chi connectivity index (χ0) is 21.1. The van der Waals surface area contributed by atoms with Crippen LogP contribution in [0.3, 0.4) is 0 Å². The molecule has 1 atom stereocenters. The van der Waals surface area contributed by atoms with Gasteiger partial charge in [-0.15, -0.1) is 0 Å². The van der Waals surface area contributed by atoms with E-state index in [1.165, 1.54) is 0 Å². The van der Waals surface area contributed by atoms with Gasteiger partial charge in [-0.1, -0.05) is 12.1 Å². The highest BCUT2D eigenvalue weighted by Crippen LogP contribution is 2.23. The SMILES string of the molecule is CCNC(=NCC(C)(O)c1ccc(C)o1)NCCCOCc1ccc(OC)cc1. The van der Waals surface area contributed by atoms with Gasteiger partial charge in [-0.3, -0.25) is 0 Å². The van der Waals surface area contributed by atoms with Crippen molar-refractivity contribution < 1.29 is 19.0 Å². The largest absolute Gasteiger partial charge is 0.497 e. The van der Waals surface area contributed by atoms with E-state index in [-0.39, 0.29) is 6.54 Å². The first-order valence-corrected chi connectivity index (χ1v) is 9.96. The first kappa shape index (κ1) is 22.8. The fraction of sp³-hybridized carbons (Fsp3) is 0.500. The summed E-state index contributed by atoms with van der Waals surface area (Å²) >= 11 is 0. The Morgan fingerprint density at radius 1 is 1.17 bits per heavy atom. The molecule has 0 aliphatic rings. The predicted octanol–water partition coefficient (Wildman–Crippen LogP) is 2.97. The second-order valence-electron chi connectivity index (χ2n) is 7.06. The van der Waals surface area contributed by atoms with Crippen LogP contribution in [-0.2, 0) is 16.9 Å². The van der Waals surface area contributed by atoms with Gasteiger partial charge in [0.05, 0.1) is 20.3 Å². The van der Waals surface area contributed by atoms with Crippen molar-refractivity contribution in [1.82, 2.24) is 10.6 Å². The number of hydrogen-bond acceptors (Lipinski definition) is 5. The molecule has 2 aromatic rings. The van der Waals surface area contributed by atoms with Crippen LogP contribution in [0.25, 0.3) is 0 Å². The van der Waals surface area contributed by atoms with E-state index in [2.05, 4.69) is 15.6 Å². The summed E-state index contributed by atoms with van der Waals surface area (Å²) in [6, 6.07) is 11.5. The van der Waals surface area contributed by atoms with Crippen LogP contribution in [0.15, 0.2) is 45.8 Å². The number of guanidine groups is 1. The number of rotatable bonds is 11. The Hall–Kier alpha value is -2.51. The molecule has 1 aromatic carbocycles. The molecule has 1 heterocycles. The first-order chi connectivity index (χ1) is 13.9. The molecule has 0 amide bonds. The summed E-state index contributed by atoms with van der Waals surface area (Å²) in [7, 11) is 1.66. The van der Waals surface area contributed by atoms with Crippen molar-refractivity contribution in [2.45, 2.75) is 39.4 Å². The van der Waals surface area contributed by atoms with Crippen LogP contribution in [0.4, 0.5) is 0 Å². The minimum atomic E-state index is -1.15. The molecule has 0 aliphatic heterocycles. The number of aliphatic hydroxyl groups is 1. The maximum atomic E-state index is 10.6. The fourth-order valence-corrected chi connectivity index (χ4v) is 2.67. The molecule has 1 aromatic heterocycles. The molecular weight excluding hydrogens is 370 g/mol. The van der Waals surface area contributed by atoms with E-state index in [0.717, 1.165) is 36.6 Å². The van der Waals surface area contributed by atoms with Gasteiger partial charge in [0.1, 0.15) is 22.9 Å². The smallest absolute Gasteiger partial charge is 0.191 e. The molecule has 7 nitrogen and oxygen atoms in total. The van der Waals surface area contributed by atoms with E-state index in [9.17, 15) is 5.11 Å². The summed E-state index contributed by atoms with van der Waals surface area (Å²) < 4.78 is 16.4. The molecule has 0 saturated carbocycles. The third-order valence-electron chi connectivity index (χ3n) is 4.35. The number of aliphatic imine (C=N–C) groups is 1. The third-order valence-corrected chi connectivity index (χ3v) is 4.35. The number of methoxy groups -OCH3 is 1. The Kier molecular flexibility index (Phi) is 9.02. The maximum absolute atomic E-state index is 10.6. The van der Waals surface area contributed by atoms with Crippen LogP contribution in [0, 0.1) is 6.92 Å². The highest BCUT2D eigenvalue weighted by molar-refractivity contribution is 5.79. The normalized spacial score (nSPS) is 13.8. The van der Waals surface area contributed by atoms with E-state index >= 15 is 0 Å². The van der Waals surface area contributed by atoms with Gasteiger partial charge in [0.25, 0.3) is 0 Å². The molecule has 0 saturated heterocycles. The Morgan fingerprint density at radius 3 is 2.55 bits per heavy atom. The predicted molar refractivity (Wildman–Crippen MR) is 114 cm³/mol. The summed E-state index contributed by atoms with van der Waals surface area (Å²) in [4.78, 5) is 4.48. The molecule has 0 fully saturated rings. The highest BCUT2D eigenvalue weighted by Gasteiger charge is 2.26. The van der Waals surface area contributed by atoms with E-state index in [4.69, 9.17) is 13.9 Å². The molecule has 0 radical (unpaired) electrons. The van der Waals surface area contributed by atoms with Gasteiger partial charge >= 0.3 is 0 Å². The Bertz CT molecular complexity index is 754. The topological polar surface area (TPSA) is 88.3 Å². The zero-order valence-electron chi connectivity index (χ0n) is 17.8. The van der Waals surface area contributed by atoms with Crippen molar-refractivity contribution in [3.05, 3.63) is 53.5 Å². The number of ether oxygens (including phenoxy) is 2. The minimum absolute atomic E-state index is 0.198. The molecule has 2 rings (SSSR count). The lowest BCUT2D eigenvalue weighted by molar-refractivity contribution is 0.0428. The van der Waals surface area contributed by atoms with E-state index < -0.39 is 5.60 Å². The summed E-state index contributed by atoms with van der Waals surface area (Å²) in [5, 5.41) is 17.1. The number of nitrogens with zero attached hydrogens (tertiary/aromatic N) is 1. The molecule has 1 unspecified atom stereocenters. The van der Waals surface area contributed by atoms with Gasteiger partial charge < -0.3 is 29.6 Å². The molecule has 29 heavy (non-hydrogen) atoms. The molecule has 0 aliphatic carbocycles. The van der Waals surface area contributed by atoms with Gasteiger partial charge in [0, 0.05) is 19.7 Å². The monoisotopic (exact) mass is 403 g/mol. The van der Waals surface area contributed by atoms with Gasteiger partial charge in [-0.05, 0) is 57.0 Å². The number of nitrogens with one attached hydrogen (secondary N) is 2. The van der Waals surface area contributed by atoms with Gasteiger partial charge in [-0.25, -0.2) is 4.99 Å². The van der Waals surface area contributed by atoms with Crippen LogP contribution in [-0.4, -0.2) is 44.4 Å². The second-order valence-corrected chi connectivity index (χ2v) is 7.06. The Labute approximate surface area is 173 Å². The van der Waals surface area contributed by atoms with Crippen LogP contribution in [0.2, 0.25) is 0 Å². The summed E-state index contributed by atoms with van der Waals surface area (Å²) in [6.45, 7) is 8.42. The lowest BCUT2D eigenvalue weighted by atomic mass is 10.0. The van der Waals surface area contributed by atoms with Crippen molar-refractivity contribution in [3.8, 4) is 5.75 Å². The van der Waals surface area contributed by atoms with Crippen molar-refractivity contribution >= 4 is 5.96 Å². The van der Waals surface area contributed by atoms with Crippen molar-refractivity contribution in [2.24, 2.45) is 4.99 Å². The summed E-state index contributed by atoms with van der Waals surface area (Å²) in [5.41, 5.74) is -0.0398. The van der Waals surface area contributed by atoms with E-state index in [1.54, 1.807) is 20.1 Å². The number of hydrogen-bond donors (Lipinski definition) is 3. The summed E-state index contributed by atoms with van der Waals surface area (Å²) in [6.07, 6.45) is 0.842. The summed E-state index contributed by atoms with van der Waals surface area (Å²) in [5.74, 6) is 2.78. The van der Waals surface area contributed by atoms with Gasteiger partial charge in [-0.2, -0.15) is 0 Å². The molecule has 3 N–H and O–H groups in total. The fourth-order valence-electron chi connectivity index (χ4n) is 2.67. The standard InChI is InChI=1S/C22H33N3O4/c1-5-23-21(25-16-22(3,26)20-12-7-17(2)29-20)24-13-6-14-28-15-18-8-10-19(27-4)11-9-18/h7-12,26H,5-6,13-16H2,1-4H3,(H2,23,24,25). The van der Waals surface area contributed by atoms with E-state index in [1.807, 2.05) is 44.2 Å². The van der Waals surface area contributed by atoms with Crippen molar-refractivity contribution in [3.63, 3.8) is 0 Å². The second kappa shape index (κ2) is 11.5. The zero-order valence-corrected chi connectivity index (χ0v) is 17.8. The number of furan rings is 1. The average molecular weight is 404 g/mol. The van der Waals surface area contributed by atoms with Crippen LogP contribution in [0.1, 0.15) is 37.4 Å². The molecular formula is C22H33N3O4. The number of benzene rings is 1. The van der Waals surface area contributed by atoms with Gasteiger partial charge in [0.15, 0.2) is 5.96 Å². The first-order valence-electron chi connectivity index (χ1n) is 9.96. The molecule has 7 heteroatoms. The third kappa shape index (κ3) is 7.79. The van der Waals surface area contributed by atoms with Crippen LogP contribution in [0.5, 0.6) is 5.75 Å². The average Bonchev–Trinajstić information content (AvgIpc) is 3.16.